The molecule has 1 aromatic carbocycles. The van der Waals surface area contributed by atoms with E-state index in [9.17, 15) is 8.42 Å². The van der Waals surface area contributed by atoms with Crippen LogP contribution in [-0.4, -0.2) is 160 Å². The van der Waals surface area contributed by atoms with Gasteiger partial charge in [-0.15, -0.1) is 0 Å². The van der Waals surface area contributed by atoms with E-state index in [1.807, 2.05) is 6.92 Å². The summed E-state index contributed by atoms with van der Waals surface area (Å²) in [6.45, 7) is 14.9. The van der Waals surface area contributed by atoms with Gasteiger partial charge in [-0.25, -0.2) is 0 Å². The summed E-state index contributed by atoms with van der Waals surface area (Å²) in [6, 6.07) is 6.49. The first-order valence-electron chi connectivity index (χ1n) is 19.9. The molecule has 0 spiro atoms. The van der Waals surface area contributed by atoms with Crippen molar-refractivity contribution in [3.8, 4) is 0 Å². The molecule has 0 unspecified atom stereocenters. The van der Waals surface area contributed by atoms with Crippen LogP contribution in [0.4, 0.5) is 0 Å². The highest BCUT2D eigenvalue weighted by Gasteiger charge is 2.14. The molecule has 0 aliphatic heterocycles. The fourth-order valence-corrected chi connectivity index (χ4v) is 5.51. The fourth-order valence-electron chi connectivity index (χ4n) is 4.61. The van der Waals surface area contributed by atoms with Crippen molar-refractivity contribution in [3.63, 3.8) is 0 Å². The summed E-state index contributed by atoms with van der Waals surface area (Å²) in [5.74, 6) is 0. The van der Waals surface area contributed by atoms with Gasteiger partial charge in [-0.05, 0) is 25.5 Å². The lowest BCUT2D eigenvalue weighted by Crippen LogP contribution is -2.16. The van der Waals surface area contributed by atoms with E-state index in [4.69, 9.17) is 56.3 Å². The van der Waals surface area contributed by atoms with Crippen molar-refractivity contribution in [2.45, 2.75) is 70.1 Å². The molecule has 0 aliphatic carbocycles. The number of rotatable bonds is 44. The zero-order valence-corrected chi connectivity index (χ0v) is 34.2. The first-order valence-corrected chi connectivity index (χ1v) is 21.3. The Bertz CT molecular complexity index is 1000. The molecular weight excluding hydrogens is 724 g/mol. The molecule has 0 saturated heterocycles. The van der Waals surface area contributed by atoms with Crippen molar-refractivity contribution in [1.82, 2.24) is 0 Å². The quantitative estimate of drug-likeness (QED) is 0.0644. The number of hydrogen-bond donors (Lipinski definition) is 0. The largest absolute Gasteiger partial charge is 0.379 e. The first-order chi connectivity index (χ1) is 26.6. The summed E-state index contributed by atoms with van der Waals surface area (Å²) in [6.07, 6.45) is 10.5. The lowest BCUT2D eigenvalue weighted by Gasteiger charge is -2.09. The monoisotopic (exact) mass is 796 g/mol. The molecule has 0 radical (unpaired) electrons. The molecule has 0 heterocycles. The molecule has 14 nitrogen and oxygen atoms in total. The van der Waals surface area contributed by atoms with Crippen LogP contribution >= 0.6 is 0 Å². The van der Waals surface area contributed by atoms with Crippen molar-refractivity contribution in [2.75, 3.05) is 152 Å². The van der Waals surface area contributed by atoms with Gasteiger partial charge in [0, 0.05) is 6.61 Å². The molecule has 0 aromatic heterocycles. The first kappa shape index (κ1) is 50.7. The molecule has 1 aromatic rings. The van der Waals surface area contributed by atoms with Crippen LogP contribution in [0.2, 0.25) is 0 Å². The van der Waals surface area contributed by atoms with Gasteiger partial charge in [0.1, 0.15) is 0 Å². The van der Waals surface area contributed by atoms with E-state index in [0.29, 0.717) is 132 Å². The van der Waals surface area contributed by atoms with Gasteiger partial charge >= 0.3 is 0 Å². The fraction of sp³-hybridized carbons (Fsp3) is 0.846. The second-order valence-electron chi connectivity index (χ2n) is 12.3. The van der Waals surface area contributed by atoms with Gasteiger partial charge in [0.05, 0.1) is 150 Å². The minimum absolute atomic E-state index is 0.0586. The third kappa shape index (κ3) is 35.1. The van der Waals surface area contributed by atoms with Crippen LogP contribution in [0.25, 0.3) is 0 Å². The number of hydrogen-bond acceptors (Lipinski definition) is 14. The van der Waals surface area contributed by atoms with Crippen molar-refractivity contribution < 1.29 is 64.7 Å². The molecule has 0 fully saturated rings. The van der Waals surface area contributed by atoms with E-state index < -0.39 is 10.1 Å². The Morgan fingerprint density at radius 3 is 0.926 bits per heavy atom. The molecule has 15 heteroatoms. The van der Waals surface area contributed by atoms with Crippen LogP contribution in [0.1, 0.15) is 63.9 Å². The Morgan fingerprint density at radius 1 is 0.352 bits per heavy atom. The average molecular weight is 797 g/mol. The Hall–Kier alpha value is -1.31. The summed E-state index contributed by atoms with van der Waals surface area (Å²) in [7, 11) is -3.77. The second-order valence-corrected chi connectivity index (χ2v) is 13.9. The van der Waals surface area contributed by atoms with Crippen molar-refractivity contribution in [3.05, 3.63) is 29.8 Å². The summed E-state index contributed by atoms with van der Waals surface area (Å²) in [4.78, 5) is 0.129. The molecule has 0 bridgehead atoms. The van der Waals surface area contributed by atoms with Gasteiger partial charge in [-0.1, -0.05) is 69.6 Å². The van der Waals surface area contributed by atoms with E-state index in [2.05, 4.69) is 6.92 Å². The predicted octanol–water partition coefficient (Wildman–Crippen LogP) is 5.02. The number of unbranched alkanes of at least 4 members (excludes halogenated alkanes) is 7. The topological polar surface area (TPSA) is 145 Å². The zero-order valence-electron chi connectivity index (χ0n) is 33.4. The van der Waals surface area contributed by atoms with Crippen LogP contribution in [0.15, 0.2) is 29.2 Å². The molecule has 1 rings (SSSR count). The standard InChI is InChI=1S/C39H72O14S/c1-3-4-5-6-7-8-9-10-15-42-16-17-43-18-19-44-20-21-45-22-23-46-24-25-47-26-27-48-28-29-49-30-31-50-32-33-51-34-35-52-36-37-53-54(40,41)39-13-11-38(2)12-14-39/h11-14H,3-10,15-37H2,1-2H3. The third-order valence-electron chi connectivity index (χ3n) is 7.64. The maximum absolute atomic E-state index is 12.1. The van der Waals surface area contributed by atoms with Gasteiger partial charge in [0.25, 0.3) is 10.1 Å². The van der Waals surface area contributed by atoms with Crippen LogP contribution in [0.5, 0.6) is 0 Å². The van der Waals surface area contributed by atoms with Crippen molar-refractivity contribution >= 4 is 10.1 Å². The summed E-state index contributed by atoms with van der Waals surface area (Å²) in [5.41, 5.74) is 0.976. The Kier molecular flexibility index (Phi) is 37.5. The van der Waals surface area contributed by atoms with Gasteiger partial charge in [0.2, 0.25) is 0 Å². The van der Waals surface area contributed by atoms with Crippen LogP contribution in [-0.2, 0) is 66.4 Å². The lowest BCUT2D eigenvalue weighted by molar-refractivity contribution is -0.0277. The van der Waals surface area contributed by atoms with E-state index >= 15 is 0 Å². The molecule has 0 amide bonds. The van der Waals surface area contributed by atoms with Gasteiger partial charge in [-0.3, -0.25) is 4.18 Å². The van der Waals surface area contributed by atoms with E-state index in [1.54, 1.807) is 12.1 Å². The molecule has 0 aliphatic rings. The summed E-state index contributed by atoms with van der Waals surface area (Å²) in [5, 5.41) is 0. The maximum atomic E-state index is 12.1. The van der Waals surface area contributed by atoms with Crippen LogP contribution in [0.3, 0.4) is 0 Å². The number of benzene rings is 1. The van der Waals surface area contributed by atoms with E-state index in [1.165, 1.54) is 57.1 Å². The smallest absolute Gasteiger partial charge is 0.297 e. The Labute approximate surface area is 326 Å². The van der Waals surface area contributed by atoms with Crippen molar-refractivity contribution in [2.24, 2.45) is 0 Å². The van der Waals surface area contributed by atoms with Gasteiger partial charge in [-0.2, -0.15) is 8.42 Å². The van der Waals surface area contributed by atoms with Crippen LogP contribution in [0, 0.1) is 6.92 Å². The SMILES string of the molecule is CCCCCCCCCCOCCOCCOCCOCCOCCOCCOCCOCCOCCOCCOCCOS(=O)(=O)c1ccc(C)cc1. The van der Waals surface area contributed by atoms with Gasteiger partial charge in [0.15, 0.2) is 0 Å². The lowest BCUT2D eigenvalue weighted by atomic mass is 10.1. The zero-order chi connectivity index (χ0) is 38.9. The number of ether oxygens (including phenoxy) is 11. The minimum atomic E-state index is -3.77. The normalized spacial score (nSPS) is 11.9. The third-order valence-corrected chi connectivity index (χ3v) is 8.96. The van der Waals surface area contributed by atoms with Crippen LogP contribution < -0.4 is 0 Å². The molecule has 54 heavy (non-hydrogen) atoms. The van der Waals surface area contributed by atoms with Crippen molar-refractivity contribution in [1.29, 1.82) is 0 Å². The Balaban J connectivity index is 1.65. The van der Waals surface area contributed by atoms with E-state index in [-0.39, 0.29) is 18.1 Å². The summed E-state index contributed by atoms with van der Waals surface area (Å²) >= 11 is 0. The van der Waals surface area contributed by atoms with E-state index in [0.717, 1.165) is 18.6 Å². The highest BCUT2D eigenvalue weighted by atomic mass is 32.2. The molecule has 0 saturated carbocycles. The Morgan fingerprint density at radius 2 is 0.611 bits per heavy atom. The second kappa shape index (κ2) is 39.9. The highest BCUT2D eigenvalue weighted by Crippen LogP contribution is 2.13. The minimum Gasteiger partial charge on any atom is -0.379 e. The van der Waals surface area contributed by atoms with Gasteiger partial charge < -0.3 is 52.1 Å². The molecule has 0 N–H and O–H groups in total. The molecular formula is C39H72O14S. The molecule has 0 atom stereocenters. The highest BCUT2D eigenvalue weighted by molar-refractivity contribution is 7.86. The predicted molar refractivity (Wildman–Crippen MR) is 206 cm³/mol. The summed E-state index contributed by atoms with van der Waals surface area (Å²) < 4.78 is 89.5. The maximum Gasteiger partial charge on any atom is 0.297 e. The number of aryl methyl sites for hydroxylation is 1. The molecule has 318 valence electrons. The average Bonchev–Trinajstić information content (AvgIpc) is 3.17.